The number of carbonyl (C=O) groups is 1. The van der Waals surface area contributed by atoms with Crippen molar-refractivity contribution in [2.45, 2.75) is 32.9 Å². The van der Waals surface area contributed by atoms with Gasteiger partial charge in [0.15, 0.2) is 6.61 Å². The Morgan fingerprint density at radius 1 is 1.14 bits per heavy atom. The summed E-state index contributed by atoms with van der Waals surface area (Å²) in [6.45, 7) is 7.40. The van der Waals surface area contributed by atoms with Crippen molar-refractivity contribution >= 4 is 17.5 Å². The highest BCUT2D eigenvalue weighted by atomic mass is 35.5. The van der Waals surface area contributed by atoms with Gasteiger partial charge in [-0.2, -0.15) is 0 Å². The summed E-state index contributed by atoms with van der Waals surface area (Å²) in [7, 11) is 0. The maximum atomic E-state index is 13.1. The van der Waals surface area contributed by atoms with Crippen LogP contribution in [0.1, 0.15) is 25.8 Å². The molecule has 1 fully saturated rings. The van der Waals surface area contributed by atoms with Crippen LogP contribution in [0.5, 0.6) is 5.75 Å². The molecule has 0 unspecified atom stereocenters. The first-order valence-corrected chi connectivity index (χ1v) is 10.4. The number of benzene rings is 2. The van der Waals surface area contributed by atoms with Crippen molar-refractivity contribution in [1.82, 2.24) is 9.80 Å². The summed E-state index contributed by atoms with van der Waals surface area (Å²) in [5.74, 6) is 0.908. The molecular formula is C23H28ClFN2O2. The average molecular weight is 419 g/mol. The second kappa shape index (κ2) is 10.1. The lowest BCUT2D eigenvalue weighted by molar-refractivity contribution is -0.139. The van der Waals surface area contributed by atoms with Gasteiger partial charge >= 0.3 is 0 Å². The first kappa shape index (κ1) is 21.6. The van der Waals surface area contributed by atoms with E-state index < -0.39 is 0 Å². The molecule has 0 aliphatic carbocycles. The van der Waals surface area contributed by atoms with Gasteiger partial charge in [-0.3, -0.25) is 9.69 Å². The number of carbonyl (C=O) groups excluding carboxylic acids is 1. The van der Waals surface area contributed by atoms with E-state index in [1.54, 1.807) is 24.3 Å². The molecule has 3 rings (SSSR count). The predicted octanol–water partition coefficient (Wildman–Crippen LogP) is 4.62. The van der Waals surface area contributed by atoms with E-state index in [0.29, 0.717) is 23.2 Å². The predicted molar refractivity (Wildman–Crippen MR) is 114 cm³/mol. The highest BCUT2D eigenvalue weighted by Gasteiger charge is 2.31. The van der Waals surface area contributed by atoms with Crippen molar-refractivity contribution in [3.8, 4) is 5.75 Å². The highest BCUT2D eigenvalue weighted by molar-refractivity contribution is 6.30. The highest BCUT2D eigenvalue weighted by Crippen LogP contribution is 2.21. The van der Waals surface area contributed by atoms with Crippen LogP contribution in [0.4, 0.5) is 4.39 Å². The van der Waals surface area contributed by atoms with Crippen LogP contribution >= 0.6 is 11.6 Å². The fraction of sp³-hybridized carbons (Fsp3) is 0.435. The van der Waals surface area contributed by atoms with E-state index >= 15 is 0 Å². The smallest absolute Gasteiger partial charge is 0.260 e. The van der Waals surface area contributed by atoms with Crippen molar-refractivity contribution in [3.63, 3.8) is 0 Å². The lowest BCUT2D eigenvalue weighted by Crippen LogP contribution is -2.56. The summed E-state index contributed by atoms with van der Waals surface area (Å²) in [4.78, 5) is 17.1. The fourth-order valence-corrected chi connectivity index (χ4v) is 3.87. The largest absolute Gasteiger partial charge is 0.484 e. The second-order valence-corrected chi connectivity index (χ2v) is 8.41. The first-order chi connectivity index (χ1) is 13.9. The van der Waals surface area contributed by atoms with E-state index in [9.17, 15) is 9.18 Å². The molecule has 0 bridgehead atoms. The third-order valence-corrected chi connectivity index (χ3v) is 5.38. The summed E-state index contributed by atoms with van der Waals surface area (Å²) in [6.07, 6.45) is 0.937. The quantitative estimate of drug-likeness (QED) is 0.657. The number of nitrogens with zero attached hydrogens (tertiary/aromatic N) is 2. The van der Waals surface area contributed by atoms with Gasteiger partial charge in [0.05, 0.1) is 0 Å². The molecule has 29 heavy (non-hydrogen) atoms. The molecule has 0 N–H and O–H groups in total. The maximum absolute atomic E-state index is 13.1. The summed E-state index contributed by atoms with van der Waals surface area (Å²) in [5.41, 5.74) is 1.08. The molecule has 1 heterocycles. The van der Waals surface area contributed by atoms with E-state index in [-0.39, 0.29) is 24.4 Å². The summed E-state index contributed by atoms with van der Waals surface area (Å²) >= 11 is 5.89. The molecule has 6 heteroatoms. The molecule has 0 aromatic heterocycles. The normalized spacial score (nSPS) is 17.6. The molecule has 1 aliphatic rings. The van der Waals surface area contributed by atoms with Gasteiger partial charge in [-0.25, -0.2) is 4.39 Å². The Morgan fingerprint density at radius 2 is 1.83 bits per heavy atom. The molecule has 1 saturated heterocycles. The van der Waals surface area contributed by atoms with E-state index in [2.05, 4.69) is 18.7 Å². The molecule has 1 amide bonds. The SMILES string of the molecule is CC(C)C[C@@H]1CN(Cc2ccc(F)cc2)CCN1C(=O)COc1ccc(Cl)cc1. The zero-order chi connectivity index (χ0) is 20.8. The fourth-order valence-electron chi connectivity index (χ4n) is 3.74. The van der Waals surface area contributed by atoms with Crippen molar-refractivity contribution in [3.05, 3.63) is 64.9 Å². The third-order valence-electron chi connectivity index (χ3n) is 5.13. The van der Waals surface area contributed by atoms with Crippen LogP contribution in [0.2, 0.25) is 5.02 Å². The summed E-state index contributed by atoms with van der Waals surface area (Å²) < 4.78 is 18.8. The van der Waals surface area contributed by atoms with Gasteiger partial charge in [-0.05, 0) is 54.3 Å². The van der Waals surface area contributed by atoms with Gasteiger partial charge in [0.1, 0.15) is 11.6 Å². The zero-order valence-corrected chi connectivity index (χ0v) is 17.7. The van der Waals surface area contributed by atoms with Gasteiger partial charge < -0.3 is 9.64 Å². The molecule has 4 nitrogen and oxygen atoms in total. The van der Waals surface area contributed by atoms with E-state index in [4.69, 9.17) is 16.3 Å². The van der Waals surface area contributed by atoms with Crippen molar-refractivity contribution in [2.24, 2.45) is 5.92 Å². The third kappa shape index (κ3) is 6.44. The van der Waals surface area contributed by atoms with Crippen molar-refractivity contribution < 1.29 is 13.9 Å². The standard InChI is InChI=1S/C23H28ClFN2O2/c1-17(2)13-21-15-26(14-18-3-7-20(25)8-4-18)11-12-27(21)23(28)16-29-22-9-5-19(24)6-10-22/h3-10,17,21H,11-16H2,1-2H3/t21-/m1/s1. The van der Waals surface area contributed by atoms with Crippen molar-refractivity contribution in [2.75, 3.05) is 26.2 Å². The molecule has 0 saturated carbocycles. The lowest BCUT2D eigenvalue weighted by atomic mass is 9.99. The molecule has 1 atom stereocenters. The number of piperazine rings is 1. The van der Waals surface area contributed by atoms with Gasteiger partial charge in [-0.15, -0.1) is 0 Å². The van der Waals surface area contributed by atoms with Crippen LogP contribution in [0.15, 0.2) is 48.5 Å². The summed E-state index contributed by atoms with van der Waals surface area (Å²) in [5, 5.41) is 0.637. The minimum atomic E-state index is -0.220. The van der Waals surface area contributed by atoms with Crippen LogP contribution < -0.4 is 4.74 Å². The molecule has 0 spiro atoms. The number of hydrogen-bond donors (Lipinski definition) is 0. The van der Waals surface area contributed by atoms with Gasteiger partial charge in [0, 0.05) is 37.2 Å². The average Bonchev–Trinajstić information content (AvgIpc) is 2.69. The molecule has 1 aliphatic heterocycles. The minimum Gasteiger partial charge on any atom is -0.484 e. The molecule has 0 radical (unpaired) electrons. The van der Waals surface area contributed by atoms with Crippen LogP contribution in [-0.2, 0) is 11.3 Å². The Balaban J connectivity index is 1.59. The summed E-state index contributed by atoms with van der Waals surface area (Å²) in [6, 6.07) is 13.8. The van der Waals surface area contributed by atoms with Crippen LogP contribution in [0, 0.1) is 11.7 Å². The molecule has 2 aromatic carbocycles. The van der Waals surface area contributed by atoms with Gasteiger partial charge in [0.25, 0.3) is 5.91 Å². The number of ether oxygens (including phenoxy) is 1. The Bertz CT molecular complexity index is 796. The number of halogens is 2. The number of rotatable bonds is 7. The first-order valence-electron chi connectivity index (χ1n) is 10.1. The molecule has 2 aromatic rings. The molecular weight excluding hydrogens is 391 g/mol. The Morgan fingerprint density at radius 3 is 2.48 bits per heavy atom. The lowest BCUT2D eigenvalue weighted by Gasteiger charge is -2.42. The topological polar surface area (TPSA) is 32.8 Å². The van der Waals surface area contributed by atoms with Crippen molar-refractivity contribution in [1.29, 1.82) is 0 Å². The van der Waals surface area contributed by atoms with Gasteiger partial charge in [-0.1, -0.05) is 37.6 Å². The number of hydrogen-bond acceptors (Lipinski definition) is 3. The maximum Gasteiger partial charge on any atom is 0.260 e. The Kier molecular flexibility index (Phi) is 7.51. The Labute approximate surface area is 177 Å². The molecule has 156 valence electrons. The van der Waals surface area contributed by atoms with E-state index in [1.807, 2.05) is 17.0 Å². The van der Waals surface area contributed by atoms with Crippen LogP contribution in [0.25, 0.3) is 0 Å². The zero-order valence-electron chi connectivity index (χ0n) is 17.0. The van der Waals surface area contributed by atoms with E-state index in [1.165, 1.54) is 12.1 Å². The monoisotopic (exact) mass is 418 g/mol. The number of amides is 1. The van der Waals surface area contributed by atoms with Gasteiger partial charge in [0.2, 0.25) is 0 Å². The van der Waals surface area contributed by atoms with Crippen LogP contribution in [-0.4, -0.2) is 48.0 Å². The Hall–Kier alpha value is -2.11. The van der Waals surface area contributed by atoms with E-state index in [0.717, 1.165) is 31.6 Å². The van der Waals surface area contributed by atoms with Crippen LogP contribution in [0.3, 0.4) is 0 Å². The second-order valence-electron chi connectivity index (χ2n) is 7.97. The minimum absolute atomic E-state index is 0.00651.